The topological polar surface area (TPSA) is 33.7 Å². The number of benzene rings is 1. The minimum atomic E-state index is 0.793. The maximum absolute atomic E-state index is 5.43. The van der Waals surface area contributed by atoms with Gasteiger partial charge in [0.25, 0.3) is 0 Å². The lowest BCUT2D eigenvalue weighted by molar-refractivity contribution is 0.404. The van der Waals surface area contributed by atoms with E-state index in [1.54, 1.807) is 25.6 Å². The molecule has 0 unspecified atom stereocenters. The summed E-state index contributed by atoms with van der Waals surface area (Å²) in [5.41, 5.74) is 3.23. The van der Waals surface area contributed by atoms with Crippen LogP contribution in [0.4, 0.5) is 5.69 Å². The normalized spacial score (nSPS) is 13.5. The highest BCUT2D eigenvalue weighted by Gasteiger charge is 2.18. The van der Waals surface area contributed by atoms with E-state index in [0.717, 1.165) is 29.4 Å². The number of nitrogens with zero attached hydrogens (tertiary/aromatic N) is 1. The number of nitrogens with one attached hydrogen (secondary N) is 1. The fourth-order valence-electron chi connectivity index (χ4n) is 2.42. The van der Waals surface area contributed by atoms with Crippen LogP contribution in [0.15, 0.2) is 35.8 Å². The van der Waals surface area contributed by atoms with Crippen LogP contribution in [0, 0.1) is 0 Å². The molecule has 0 fully saturated rings. The van der Waals surface area contributed by atoms with Crippen molar-refractivity contribution in [3.05, 3.63) is 46.3 Å². The molecule has 5 heteroatoms. The summed E-state index contributed by atoms with van der Waals surface area (Å²) < 4.78 is 10.7. The molecule has 0 saturated heterocycles. The van der Waals surface area contributed by atoms with Gasteiger partial charge in [-0.2, -0.15) is 0 Å². The molecule has 0 spiro atoms. The van der Waals surface area contributed by atoms with Gasteiger partial charge in [0.15, 0.2) is 0 Å². The van der Waals surface area contributed by atoms with Gasteiger partial charge in [0.2, 0.25) is 0 Å². The summed E-state index contributed by atoms with van der Waals surface area (Å²) in [6.07, 6.45) is 2.12. The van der Waals surface area contributed by atoms with Crippen molar-refractivity contribution >= 4 is 22.7 Å². The maximum atomic E-state index is 5.43. The second kappa shape index (κ2) is 5.69. The lowest BCUT2D eigenvalue weighted by Gasteiger charge is -2.24. The maximum Gasteiger partial charge on any atom is 0.142 e. The quantitative estimate of drug-likeness (QED) is 0.935. The molecule has 0 atom stereocenters. The Morgan fingerprint density at radius 1 is 1.19 bits per heavy atom. The minimum absolute atomic E-state index is 0.793. The number of thiophene rings is 1. The van der Waals surface area contributed by atoms with Crippen LogP contribution in [0.1, 0.15) is 10.4 Å². The second-order valence-corrected chi connectivity index (χ2v) is 5.91. The Kier molecular flexibility index (Phi) is 3.75. The third-order valence-corrected chi connectivity index (χ3v) is 4.36. The van der Waals surface area contributed by atoms with Crippen LogP contribution in [0.2, 0.25) is 0 Å². The largest absolute Gasteiger partial charge is 0.497 e. The summed E-state index contributed by atoms with van der Waals surface area (Å²) in [7, 11) is 5.41. The molecule has 0 saturated carbocycles. The van der Waals surface area contributed by atoms with Crippen molar-refractivity contribution in [2.75, 3.05) is 26.6 Å². The van der Waals surface area contributed by atoms with Crippen LogP contribution in [0.3, 0.4) is 0 Å². The van der Waals surface area contributed by atoms with Gasteiger partial charge in [-0.3, -0.25) is 0 Å². The lowest BCUT2D eigenvalue weighted by atomic mass is 10.1. The molecule has 1 N–H and O–H groups in total. The summed E-state index contributed by atoms with van der Waals surface area (Å²) in [5, 5.41) is 5.60. The summed E-state index contributed by atoms with van der Waals surface area (Å²) in [5.74, 6) is 1.59. The highest BCUT2D eigenvalue weighted by Crippen LogP contribution is 2.35. The van der Waals surface area contributed by atoms with Crippen molar-refractivity contribution < 1.29 is 9.47 Å². The standard InChI is InChI=1S/C16H18N2O2S/c1-18-9-14(12-6-7-21-16(12)10-18)17-13-8-11(19-2)4-5-15(13)20-3/h4-9,17H,10H2,1-3H3. The zero-order valence-corrected chi connectivity index (χ0v) is 13.2. The highest BCUT2D eigenvalue weighted by molar-refractivity contribution is 7.10. The first-order valence-electron chi connectivity index (χ1n) is 6.69. The molecule has 2 heterocycles. The Morgan fingerprint density at radius 3 is 2.81 bits per heavy atom. The first-order valence-corrected chi connectivity index (χ1v) is 7.57. The van der Waals surface area contributed by atoms with Gasteiger partial charge in [0, 0.05) is 29.8 Å². The van der Waals surface area contributed by atoms with Gasteiger partial charge in [-0.05, 0) is 23.6 Å². The van der Waals surface area contributed by atoms with Crippen LogP contribution in [-0.4, -0.2) is 26.2 Å². The number of fused-ring (bicyclic) bond motifs is 1. The zero-order chi connectivity index (χ0) is 14.8. The predicted octanol–water partition coefficient (Wildman–Crippen LogP) is 3.62. The Morgan fingerprint density at radius 2 is 2.05 bits per heavy atom. The van der Waals surface area contributed by atoms with E-state index in [1.165, 1.54) is 10.4 Å². The Labute approximate surface area is 128 Å². The molecule has 0 amide bonds. The molecule has 0 bridgehead atoms. The van der Waals surface area contributed by atoms with Crippen molar-refractivity contribution in [3.8, 4) is 11.5 Å². The number of methoxy groups -OCH3 is 2. The van der Waals surface area contributed by atoms with Crippen molar-refractivity contribution in [1.29, 1.82) is 0 Å². The number of hydrogen-bond donors (Lipinski definition) is 1. The fraction of sp³-hybridized carbons (Fsp3) is 0.250. The molecule has 0 radical (unpaired) electrons. The molecule has 1 aliphatic rings. The summed E-state index contributed by atoms with van der Waals surface area (Å²) >= 11 is 1.78. The molecular weight excluding hydrogens is 284 g/mol. The first-order chi connectivity index (χ1) is 10.2. The van der Waals surface area contributed by atoms with E-state index in [2.05, 4.69) is 34.9 Å². The van der Waals surface area contributed by atoms with Crippen molar-refractivity contribution in [3.63, 3.8) is 0 Å². The van der Waals surface area contributed by atoms with Crippen molar-refractivity contribution in [2.24, 2.45) is 0 Å². The third kappa shape index (κ3) is 2.69. The number of anilines is 1. The molecule has 1 aromatic heterocycles. The molecular formula is C16H18N2O2S. The Hall–Kier alpha value is -2.14. The lowest BCUT2D eigenvalue weighted by Crippen LogP contribution is -2.18. The monoisotopic (exact) mass is 302 g/mol. The third-order valence-electron chi connectivity index (χ3n) is 3.45. The minimum Gasteiger partial charge on any atom is -0.497 e. The molecule has 3 rings (SSSR count). The summed E-state index contributed by atoms with van der Waals surface area (Å²) in [6, 6.07) is 7.89. The van der Waals surface area contributed by atoms with Gasteiger partial charge < -0.3 is 19.7 Å². The highest BCUT2D eigenvalue weighted by atomic mass is 32.1. The van der Waals surface area contributed by atoms with Gasteiger partial charge in [-0.25, -0.2) is 0 Å². The van der Waals surface area contributed by atoms with Crippen LogP contribution in [0.25, 0.3) is 5.70 Å². The van der Waals surface area contributed by atoms with Gasteiger partial charge in [-0.15, -0.1) is 11.3 Å². The van der Waals surface area contributed by atoms with Crippen molar-refractivity contribution in [1.82, 2.24) is 4.90 Å². The van der Waals surface area contributed by atoms with Crippen LogP contribution in [0.5, 0.6) is 11.5 Å². The molecule has 4 nitrogen and oxygen atoms in total. The SMILES string of the molecule is COc1ccc(OC)c(NC2=CN(C)Cc3sccc32)c1. The van der Waals surface area contributed by atoms with Crippen molar-refractivity contribution in [2.45, 2.75) is 6.54 Å². The number of hydrogen-bond acceptors (Lipinski definition) is 5. The van der Waals surface area contributed by atoms with Gasteiger partial charge in [0.05, 0.1) is 32.1 Å². The smallest absolute Gasteiger partial charge is 0.142 e. The van der Waals surface area contributed by atoms with E-state index in [0.29, 0.717) is 0 Å². The van der Waals surface area contributed by atoms with E-state index < -0.39 is 0 Å². The molecule has 0 aliphatic carbocycles. The Balaban J connectivity index is 1.96. The molecule has 110 valence electrons. The van der Waals surface area contributed by atoms with E-state index in [-0.39, 0.29) is 0 Å². The molecule has 1 aromatic carbocycles. The summed E-state index contributed by atoms with van der Waals surface area (Å²) in [4.78, 5) is 3.54. The fourth-order valence-corrected chi connectivity index (χ4v) is 3.37. The number of rotatable bonds is 4. The molecule has 1 aliphatic heterocycles. The van der Waals surface area contributed by atoms with E-state index >= 15 is 0 Å². The molecule has 21 heavy (non-hydrogen) atoms. The average molecular weight is 302 g/mol. The molecule has 2 aromatic rings. The van der Waals surface area contributed by atoms with Gasteiger partial charge >= 0.3 is 0 Å². The van der Waals surface area contributed by atoms with Gasteiger partial charge in [-0.1, -0.05) is 0 Å². The van der Waals surface area contributed by atoms with E-state index in [9.17, 15) is 0 Å². The predicted molar refractivity (Wildman–Crippen MR) is 86.9 cm³/mol. The average Bonchev–Trinajstić information content (AvgIpc) is 2.95. The van der Waals surface area contributed by atoms with Gasteiger partial charge in [0.1, 0.15) is 11.5 Å². The second-order valence-electron chi connectivity index (χ2n) is 4.91. The van der Waals surface area contributed by atoms with E-state index in [4.69, 9.17) is 9.47 Å². The number of ether oxygens (including phenoxy) is 2. The first kappa shape index (κ1) is 13.8. The zero-order valence-electron chi connectivity index (χ0n) is 12.3. The Bertz CT molecular complexity index is 679. The van der Waals surface area contributed by atoms with Crippen LogP contribution in [-0.2, 0) is 6.54 Å². The van der Waals surface area contributed by atoms with Crippen LogP contribution < -0.4 is 14.8 Å². The summed E-state index contributed by atoms with van der Waals surface area (Å²) in [6.45, 7) is 0.952. The van der Waals surface area contributed by atoms with Crippen LogP contribution >= 0.6 is 11.3 Å². The van der Waals surface area contributed by atoms with E-state index in [1.807, 2.05) is 18.2 Å².